The molecule has 29 heavy (non-hydrogen) atoms. The molecule has 2 N–H and O–H groups in total. The van der Waals surface area contributed by atoms with Gasteiger partial charge in [0.15, 0.2) is 5.82 Å². The molecule has 1 aromatic heterocycles. The number of para-hydroxylation sites is 2. The monoisotopic (exact) mass is 412 g/mol. The van der Waals surface area contributed by atoms with Crippen LogP contribution in [-0.4, -0.2) is 34.9 Å². The van der Waals surface area contributed by atoms with E-state index in [4.69, 9.17) is 4.74 Å². The number of thioether (sulfide) groups is 1. The van der Waals surface area contributed by atoms with Crippen LogP contribution in [-0.2, 0) is 4.79 Å². The van der Waals surface area contributed by atoms with E-state index in [0.29, 0.717) is 16.5 Å². The molecule has 0 unspecified atom stereocenters. The summed E-state index contributed by atoms with van der Waals surface area (Å²) < 4.78 is 18.4. The molecule has 3 aromatic rings. The quantitative estimate of drug-likeness (QED) is 0.576. The number of methoxy groups -OCH3 is 1. The molecule has 1 heterocycles. The minimum absolute atomic E-state index is 0.127. The van der Waals surface area contributed by atoms with E-state index in [0.717, 1.165) is 6.07 Å². The molecule has 2 amide bonds. The first-order chi connectivity index (χ1) is 14.0. The van der Waals surface area contributed by atoms with Gasteiger partial charge in [-0.3, -0.25) is 9.59 Å². The van der Waals surface area contributed by atoms with Crippen LogP contribution >= 0.6 is 11.8 Å². The minimum Gasteiger partial charge on any atom is -0.495 e. The summed E-state index contributed by atoms with van der Waals surface area (Å²) in [6.07, 6.45) is 0. The predicted octanol–water partition coefficient (Wildman–Crippen LogP) is 3.61. The molecule has 0 radical (unpaired) electrons. The van der Waals surface area contributed by atoms with Gasteiger partial charge in [0.2, 0.25) is 5.91 Å². The molecule has 0 aliphatic rings. The summed E-state index contributed by atoms with van der Waals surface area (Å²) in [5.41, 5.74) is 0.764. The van der Waals surface area contributed by atoms with Crippen molar-refractivity contribution < 1.29 is 18.7 Å². The number of hydrogen-bond acceptors (Lipinski definition) is 6. The summed E-state index contributed by atoms with van der Waals surface area (Å²) >= 11 is 1.20. The summed E-state index contributed by atoms with van der Waals surface area (Å²) in [6.45, 7) is 0. The van der Waals surface area contributed by atoms with Crippen LogP contribution in [0, 0.1) is 5.82 Å². The molecule has 9 heteroatoms. The zero-order valence-electron chi connectivity index (χ0n) is 15.4. The number of carbonyl (C=O) groups is 2. The standard InChI is InChI=1S/C20H17FN4O3S/c1-28-16-8-3-2-7-15(16)22-18(26)12-29-19-10-9-17(24-25-19)23-20(27)13-5-4-6-14(21)11-13/h2-11H,12H2,1H3,(H,22,26)(H,23,24,27). The molecule has 0 aliphatic carbocycles. The van der Waals surface area contributed by atoms with Crippen LogP contribution in [0.15, 0.2) is 65.7 Å². The average molecular weight is 412 g/mol. The number of nitrogens with zero attached hydrogens (tertiary/aromatic N) is 2. The Hall–Kier alpha value is -3.46. The zero-order chi connectivity index (χ0) is 20.6. The van der Waals surface area contributed by atoms with Gasteiger partial charge in [0.25, 0.3) is 5.91 Å². The third-order valence-electron chi connectivity index (χ3n) is 3.70. The number of nitrogens with one attached hydrogen (secondary N) is 2. The second-order valence-corrected chi connectivity index (χ2v) is 6.75. The van der Waals surface area contributed by atoms with Gasteiger partial charge in [0.05, 0.1) is 18.6 Å². The van der Waals surface area contributed by atoms with Gasteiger partial charge in [-0.05, 0) is 42.5 Å². The van der Waals surface area contributed by atoms with Crippen molar-refractivity contribution in [3.8, 4) is 5.75 Å². The van der Waals surface area contributed by atoms with Gasteiger partial charge < -0.3 is 15.4 Å². The lowest BCUT2D eigenvalue weighted by Gasteiger charge is -2.09. The molecule has 0 saturated carbocycles. The number of ether oxygens (including phenoxy) is 1. The molecular formula is C20H17FN4O3S. The van der Waals surface area contributed by atoms with Gasteiger partial charge in [-0.1, -0.05) is 30.0 Å². The van der Waals surface area contributed by atoms with Crippen molar-refractivity contribution in [2.24, 2.45) is 0 Å². The number of rotatable bonds is 7. The summed E-state index contributed by atoms with van der Waals surface area (Å²) in [6, 6.07) is 15.6. The number of halogens is 1. The Morgan fingerprint density at radius 2 is 1.86 bits per heavy atom. The Bertz CT molecular complexity index is 1010. The number of aromatic nitrogens is 2. The van der Waals surface area contributed by atoms with Gasteiger partial charge in [-0.15, -0.1) is 10.2 Å². The van der Waals surface area contributed by atoms with Crippen molar-refractivity contribution in [2.75, 3.05) is 23.5 Å². The Morgan fingerprint density at radius 1 is 1.03 bits per heavy atom. The average Bonchev–Trinajstić information content (AvgIpc) is 2.73. The number of anilines is 2. The zero-order valence-corrected chi connectivity index (χ0v) is 16.2. The maximum Gasteiger partial charge on any atom is 0.256 e. The van der Waals surface area contributed by atoms with E-state index in [1.807, 2.05) is 6.07 Å². The van der Waals surface area contributed by atoms with E-state index in [1.54, 1.807) is 30.3 Å². The summed E-state index contributed by atoms with van der Waals surface area (Å²) in [5.74, 6) is -0.282. The lowest BCUT2D eigenvalue weighted by atomic mass is 10.2. The van der Waals surface area contributed by atoms with E-state index >= 15 is 0 Å². The highest BCUT2D eigenvalue weighted by Crippen LogP contribution is 2.24. The van der Waals surface area contributed by atoms with Crippen LogP contribution in [0.4, 0.5) is 15.9 Å². The van der Waals surface area contributed by atoms with Gasteiger partial charge >= 0.3 is 0 Å². The van der Waals surface area contributed by atoms with E-state index < -0.39 is 11.7 Å². The van der Waals surface area contributed by atoms with E-state index in [1.165, 1.54) is 37.1 Å². The Balaban J connectivity index is 1.52. The first-order valence-corrected chi connectivity index (χ1v) is 9.50. The predicted molar refractivity (Wildman–Crippen MR) is 109 cm³/mol. The number of carbonyl (C=O) groups excluding carboxylic acids is 2. The summed E-state index contributed by atoms with van der Waals surface area (Å²) in [7, 11) is 1.53. The Morgan fingerprint density at radius 3 is 2.59 bits per heavy atom. The molecule has 3 rings (SSSR count). The lowest BCUT2D eigenvalue weighted by Crippen LogP contribution is -2.15. The fourth-order valence-electron chi connectivity index (χ4n) is 2.36. The fraction of sp³-hybridized carbons (Fsp3) is 0.100. The summed E-state index contributed by atoms with van der Waals surface area (Å²) in [5, 5.41) is 13.7. The molecule has 0 fully saturated rings. The second kappa shape index (κ2) is 9.65. The molecule has 0 bridgehead atoms. The van der Waals surface area contributed by atoms with Crippen LogP contribution < -0.4 is 15.4 Å². The van der Waals surface area contributed by atoms with Crippen LogP contribution in [0.3, 0.4) is 0 Å². The number of benzene rings is 2. The molecule has 0 spiro atoms. The third kappa shape index (κ3) is 5.76. The molecule has 2 aromatic carbocycles. The normalized spacial score (nSPS) is 10.3. The third-order valence-corrected chi connectivity index (χ3v) is 4.62. The van der Waals surface area contributed by atoms with Gasteiger partial charge in [0, 0.05) is 5.56 Å². The minimum atomic E-state index is -0.498. The highest BCUT2D eigenvalue weighted by Gasteiger charge is 2.10. The first-order valence-electron chi connectivity index (χ1n) is 8.51. The van der Waals surface area contributed by atoms with Crippen LogP contribution in [0.1, 0.15) is 10.4 Å². The molecule has 148 valence electrons. The van der Waals surface area contributed by atoms with E-state index in [9.17, 15) is 14.0 Å². The van der Waals surface area contributed by atoms with E-state index in [2.05, 4.69) is 20.8 Å². The fourth-order valence-corrected chi connectivity index (χ4v) is 2.97. The molecule has 0 saturated heterocycles. The van der Waals surface area contributed by atoms with Gasteiger partial charge in [-0.2, -0.15) is 0 Å². The van der Waals surface area contributed by atoms with Crippen molar-refractivity contribution in [2.45, 2.75) is 5.03 Å². The number of amides is 2. The lowest BCUT2D eigenvalue weighted by molar-refractivity contribution is -0.113. The van der Waals surface area contributed by atoms with Crippen LogP contribution in [0.5, 0.6) is 5.75 Å². The first kappa shape index (κ1) is 20.3. The van der Waals surface area contributed by atoms with Crippen molar-refractivity contribution >= 4 is 35.1 Å². The van der Waals surface area contributed by atoms with Crippen LogP contribution in [0.2, 0.25) is 0 Å². The maximum atomic E-state index is 13.2. The van der Waals surface area contributed by atoms with Crippen molar-refractivity contribution in [1.29, 1.82) is 0 Å². The molecule has 7 nitrogen and oxygen atoms in total. The molecule has 0 aliphatic heterocycles. The van der Waals surface area contributed by atoms with Crippen LogP contribution in [0.25, 0.3) is 0 Å². The topological polar surface area (TPSA) is 93.2 Å². The Labute approximate surface area is 170 Å². The van der Waals surface area contributed by atoms with Crippen molar-refractivity contribution in [3.63, 3.8) is 0 Å². The van der Waals surface area contributed by atoms with Crippen molar-refractivity contribution in [3.05, 3.63) is 72.0 Å². The summed E-state index contributed by atoms with van der Waals surface area (Å²) in [4.78, 5) is 24.2. The van der Waals surface area contributed by atoms with Gasteiger partial charge in [0.1, 0.15) is 16.6 Å². The van der Waals surface area contributed by atoms with E-state index in [-0.39, 0.29) is 23.0 Å². The highest BCUT2D eigenvalue weighted by atomic mass is 32.2. The number of hydrogen-bond donors (Lipinski definition) is 2. The SMILES string of the molecule is COc1ccccc1NC(=O)CSc1ccc(NC(=O)c2cccc(F)c2)nn1. The Kier molecular flexibility index (Phi) is 6.75. The smallest absolute Gasteiger partial charge is 0.256 e. The molecule has 0 atom stereocenters. The highest BCUT2D eigenvalue weighted by molar-refractivity contribution is 7.99. The molecular weight excluding hydrogens is 395 g/mol. The maximum absolute atomic E-state index is 13.2. The second-order valence-electron chi connectivity index (χ2n) is 5.76. The van der Waals surface area contributed by atoms with Gasteiger partial charge in [-0.25, -0.2) is 4.39 Å². The largest absolute Gasteiger partial charge is 0.495 e. The van der Waals surface area contributed by atoms with Crippen molar-refractivity contribution in [1.82, 2.24) is 10.2 Å².